The lowest BCUT2D eigenvalue weighted by Gasteiger charge is -2.14. The fourth-order valence-corrected chi connectivity index (χ4v) is 3.51. The zero-order valence-electron chi connectivity index (χ0n) is 15.6. The highest BCUT2D eigenvalue weighted by molar-refractivity contribution is 5.88. The monoisotopic (exact) mass is 343 g/mol. The minimum absolute atomic E-state index is 0.826. The molecule has 0 aliphatic carbocycles. The fraction of sp³-hybridized carbons (Fsp3) is 0.182. The van der Waals surface area contributed by atoms with Crippen LogP contribution in [0.2, 0.25) is 0 Å². The molecule has 4 rings (SSSR count). The second kappa shape index (κ2) is 5.99. The van der Waals surface area contributed by atoms with E-state index in [2.05, 4.69) is 79.0 Å². The van der Waals surface area contributed by atoms with Gasteiger partial charge in [-0.15, -0.1) is 4.57 Å². The van der Waals surface area contributed by atoms with Gasteiger partial charge in [-0.2, -0.15) is 0 Å². The highest BCUT2D eigenvalue weighted by atomic mass is 15.1. The van der Waals surface area contributed by atoms with Crippen LogP contribution in [0.25, 0.3) is 27.8 Å². The third-order valence-electron chi connectivity index (χ3n) is 4.97. The zero-order chi connectivity index (χ0) is 18.4. The Morgan fingerprint density at radius 2 is 1.69 bits per heavy atom. The molecule has 0 atom stereocenters. The van der Waals surface area contributed by atoms with Crippen LogP contribution in [0.5, 0.6) is 0 Å². The van der Waals surface area contributed by atoms with E-state index < -0.39 is 0 Å². The van der Waals surface area contributed by atoms with Crippen LogP contribution in [-0.2, 0) is 0 Å². The Balaban J connectivity index is 2.21. The number of aryl methyl sites for hydroxylation is 2. The van der Waals surface area contributed by atoms with Gasteiger partial charge in [0.15, 0.2) is 0 Å². The smallest absolute Gasteiger partial charge is 0.242 e. The molecule has 4 heteroatoms. The molecule has 130 valence electrons. The van der Waals surface area contributed by atoms with Gasteiger partial charge in [-0.05, 0) is 37.6 Å². The number of aromatic nitrogens is 2. The average Bonchev–Trinajstić information content (AvgIpc) is 2.64. The second-order valence-corrected chi connectivity index (χ2v) is 6.95. The first kappa shape index (κ1) is 16.3. The molecule has 0 aliphatic rings. The SMILES string of the molecule is Cc1cc2nc3ccccc3[n+](-c3cccc(N(C)C)c3)c2c(C)c1N. The zero-order valence-corrected chi connectivity index (χ0v) is 15.6. The maximum atomic E-state index is 6.37. The summed E-state index contributed by atoms with van der Waals surface area (Å²) < 4.78 is 2.27. The van der Waals surface area contributed by atoms with Gasteiger partial charge in [-0.3, -0.25) is 0 Å². The number of hydrogen-bond acceptors (Lipinski definition) is 3. The fourth-order valence-electron chi connectivity index (χ4n) is 3.51. The predicted octanol–water partition coefficient (Wildman–Crippen LogP) is 3.93. The molecule has 2 N–H and O–H groups in total. The Hall–Kier alpha value is -3.14. The summed E-state index contributed by atoms with van der Waals surface area (Å²) in [6, 6.07) is 18.9. The van der Waals surface area contributed by atoms with Crippen LogP contribution in [0, 0.1) is 13.8 Å². The van der Waals surface area contributed by atoms with Crippen molar-refractivity contribution in [3.8, 4) is 5.69 Å². The van der Waals surface area contributed by atoms with Gasteiger partial charge in [0, 0.05) is 49.2 Å². The Kier molecular flexibility index (Phi) is 3.76. The Bertz CT molecular complexity index is 1150. The molecule has 1 heterocycles. The van der Waals surface area contributed by atoms with E-state index in [1.54, 1.807) is 0 Å². The van der Waals surface area contributed by atoms with Crippen molar-refractivity contribution in [2.75, 3.05) is 24.7 Å². The molecule has 1 aromatic heterocycles. The van der Waals surface area contributed by atoms with E-state index >= 15 is 0 Å². The largest absolute Gasteiger partial charge is 0.398 e. The molecule has 0 saturated heterocycles. The van der Waals surface area contributed by atoms with E-state index in [0.717, 1.165) is 50.3 Å². The first-order chi connectivity index (χ1) is 12.5. The van der Waals surface area contributed by atoms with Crippen LogP contribution in [0.1, 0.15) is 11.1 Å². The molecular formula is C22H23N4+. The Morgan fingerprint density at radius 1 is 0.923 bits per heavy atom. The van der Waals surface area contributed by atoms with Crippen molar-refractivity contribution in [2.24, 2.45) is 0 Å². The number of benzene rings is 3. The van der Waals surface area contributed by atoms with Gasteiger partial charge in [-0.25, -0.2) is 4.98 Å². The number of fused-ring (bicyclic) bond motifs is 2. The number of anilines is 2. The van der Waals surface area contributed by atoms with Crippen molar-refractivity contribution in [2.45, 2.75) is 13.8 Å². The molecule has 26 heavy (non-hydrogen) atoms. The summed E-state index contributed by atoms with van der Waals surface area (Å²) in [5.74, 6) is 0. The van der Waals surface area contributed by atoms with Crippen LogP contribution in [0.15, 0.2) is 54.6 Å². The molecule has 0 unspecified atom stereocenters. The standard InChI is InChI=1S/C22H22N4/c1-14-12-19-22(15(2)21(14)23)26(20-11-6-5-10-18(20)24-19)17-9-7-8-16(13-17)25(3)4/h5-13,23H,1-4H3/p+1. The van der Waals surface area contributed by atoms with Crippen LogP contribution in [-0.4, -0.2) is 19.1 Å². The number of para-hydroxylation sites is 2. The van der Waals surface area contributed by atoms with Gasteiger partial charge in [0.05, 0.1) is 0 Å². The van der Waals surface area contributed by atoms with Gasteiger partial charge in [-0.1, -0.05) is 18.2 Å². The summed E-state index contributed by atoms with van der Waals surface area (Å²) in [6.07, 6.45) is 0. The van der Waals surface area contributed by atoms with Gasteiger partial charge in [0.1, 0.15) is 11.0 Å². The highest BCUT2D eigenvalue weighted by Gasteiger charge is 2.23. The van der Waals surface area contributed by atoms with Crippen molar-refractivity contribution >= 4 is 33.4 Å². The molecule has 0 saturated carbocycles. The maximum absolute atomic E-state index is 6.37. The third kappa shape index (κ3) is 2.46. The number of nitrogens with two attached hydrogens (primary N) is 1. The van der Waals surface area contributed by atoms with Crippen LogP contribution >= 0.6 is 0 Å². The first-order valence-corrected chi connectivity index (χ1v) is 8.75. The van der Waals surface area contributed by atoms with Crippen molar-refractivity contribution in [1.82, 2.24) is 4.98 Å². The second-order valence-electron chi connectivity index (χ2n) is 6.95. The molecule has 0 aliphatic heterocycles. The number of hydrogen-bond donors (Lipinski definition) is 1. The number of rotatable bonds is 2. The summed E-state index contributed by atoms with van der Waals surface area (Å²) in [7, 11) is 4.11. The molecule has 4 nitrogen and oxygen atoms in total. The summed E-state index contributed by atoms with van der Waals surface area (Å²) in [5.41, 5.74) is 15.6. The van der Waals surface area contributed by atoms with Crippen LogP contribution in [0.4, 0.5) is 11.4 Å². The summed E-state index contributed by atoms with van der Waals surface area (Å²) in [4.78, 5) is 7.01. The molecule has 0 spiro atoms. The van der Waals surface area contributed by atoms with Crippen molar-refractivity contribution in [3.05, 3.63) is 65.7 Å². The van der Waals surface area contributed by atoms with E-state index in [9.17, 15) is 0 Å². The Morgan fingerprint density at radius 3 is 2.46 bits per heavy atom. The van der Waals surface area contributed by atoms with Gasteiger partial charge >= 0.3 is 0 Å². The van der Waals surface area contributed by atoms with Crippen LogP contribution in [0.3, 0.4) is 0 Å². The number of nitrogens with zero attached hydrogens (tertiary/aromatic N) is 3. The molecular weight excluding hydrogens is 320 g/mol. The van der Waals surface area contributed by atoms with Crippen molar-refractivity contribution in [3.63, 3.8) is 0 Å². The lowest BCUT2D eigenvalue weighted by molar-refractivity contribution is -0.538. The van der Waals surface area contributed by atoms with E-state index in [-0.39, 0.29) is 0 Å². The lowest BCUT2D eigenvalue weighted by Crippen LogP contribution is -2.34. The molecule has 0 amide bonds. The third-order valence-corrected chi connectivity index (χ3v) is 4.97. The normalized spacial score (nSPS) is 11.2. The summed E-state index contributed by atoms with van der Waals surface area (Å²) in [5, 5.41) is 0. The molecule has 0 bridgehead atoms. The molecule has 0 radical (unpaired) electrons. The maximum Gasteiger partial charge on any atom is 0.242 e. The lowest BCUT2D eigenvalue weighted by atomic mass is 10.1. The van der Waals surface area contributed by atoms with E-state index in [1.165, 1.54) is 0 Å². The van der Waals surface area contributed by atoms with E-state index in [4.69, 9.17) is 10.7 Å². The molecule has 0 fully saturated rings. The van der Waals surface area contributed by atoms with Gasteiger partial charge in [0.25, 0.3) is 0 Å². The van der Waals surface area contributed by atoms with Gasteiger partial charge < -0.3 is 10.6 Å². The number of nitrogen functional groups attached to an aromatic ring is 1. The molecule has 4 aromatic rings. The average molecular weight is 343 g/mol. The predicted molar refractivity (Wildman–Crippen MR) is 109 cm³/mol. The Labute approximate surface area is 153 Å². The molecule has 3 aromatic carbocycles. The summed E-state index contributed by atoms with van der Waals surface area (Å²) in [6.45, 7) is 4.11. The quantitative estimate of drug-likeness (QED) is 0.341. The van der Waals surface area contributed by atoms with E-state index in [0.29, 0.717) is 0 Å². The minimum Gasteiger partial charge on any atom is -0.398 e. The van der Waals surface area contributed by atoms with E-state index in [1.807, 2.05) is 13.0 Å². The van der Waals surface area contributed by atoms with Crippen LogP contribution < -0.4 is 15.2 Å². The van der Waals surface area contributed by atoms with Gasteiger partial charge in [0.2, 0.25) is 16.7 Å². The summed E-state index contributed by atoms with van der Waals surface area (Å²) >= 11 is 0. The highest BCUT2D eigenvalue weighted by Crippen LogP contribution is 2.27. The van der Waals surface area contributed by atoms with Crippen molar-refractivity contribution < 1.29 is 4.57 Å². The minimum atomic E-state index is 0.826. The first-order valence-electron chi connectivity index (χ1n) is 8.75. The topological polar surface area (TPSA) is 46.0 Å². The van der Waals surface area contributed by atoms with Crippen molar-refractivity contribution in [1.29, 1.82) is 0 Å².